The second-order valence-electron chi connectivity index (χ2n) is 10.1. The first kappa shape index (κ1) is 33.8. The van der Waals surface area contributed by atoms with E-state index in [2.05, 4.69) is 5.32 Å². The summed E-state index contributed by atoms with van der Waals surface area (Å²) >= 11 is 12.4. The molecule has 0 saturated heterocycles. The maximum atomic E-state index is 14.2. The summed E-state index contributed by atoms with van der Waals surface area (Å²) in [6, 6.07) is 16.8. The van der Waals surface area contributed by atoms with Crippen molar-refractivity contribution in [2.45, 2.75) is 45.7 Å². The van der Waals surface area contributed by atoms with Gasteiger partial charge in [-0.1, -0.05) is 79.0 Å². The first-order valence-corrected chi connectivity index (χ1v) is 16.2. The number of carbonyl (C=O) groups excluding carboxylic acids is 2. The lowest BCUT2D eigenvalue weighted by atomic mass is 10.0. The zero-order chi connectivity index (χ0) is 31.7. The molecule has 1 N–H and O–H groups in total. The Morgan fingerprint density at radius 2 is 1.70 bits per heavy atom. The number of unbranched alkanes of at least 4 members (excludes halogenated alkanes) is 1. The lowest BCUT2D eigenvalue weighted by molar-refractivity contribution is -0.384. The highest BCUT2D eigenvalue weighted by Crippen LogP contribution is 2.29. The van der Waals surface area contributed by atoms with E-state index in [0.717, 1.165) is 35.0 Å². The molecule has 1 atom stereocenters. The van der Waals surface area contributed by atoms with Crippen LogP contribution in [0.15, 0.2) is 66.7 Å². The molecule has 1 unspecified atom stereocenters. The Hall–Kier alpha value is -3.67. The summed E-state index contributed by atoms with van der Waals surface area (Å²) < 4.78 is 26.8. The number of halogens is 2. The Balaban J connectivity index is 2.11. The number of nitro groups is 1. The van der Waals surface area contributed by atoms with Crippen LogP contribution < -0.4 is 9.62 Å². The van der Waals surface area contributed by atoms with Gasteiger partial charge in [0.25, 0.3) is 5.69 Å². The van der Waals surface area contributed by atoms with Crippen molar-refractivity contribution in [2.24, 2.45) is 0 Å². The van der Waals surface area contributed by atoms with Crippen molar-refractivity contribution in [3.05, 3.63) is 104 Å². The Morgan fingerprint density at radius 3 is 2.30 bits per heavy atom. The standard InChI is InChI=1S/C30H34Cl2N4O6S/c1-4-5-15-33-30(38)28(17-22-9-7-6-8-10-22)34(19-23-12-14-25(31)26(32)16-23)29(37)20-35(43(3,41)42)27-18-24(36(39)40)13-11-21(27)2/h6-14,16,18,28H,4-5,15,17,19-20H2,1-3H3,(H,33,38). The monoisotopic (exact) mass is 648 g/mol. The maximum absolute atomic E-state index is 14.2. The third-order valence-electron chi connectivity index (χ3n) is 6.79. The molecule has 43 heavy (non-hydrogen) atoms. The van der Waals surface area contributed by atoms with Gasteiger partial charge < -0.3 is 10.2 Å². The van der Waals surface area contributed by atoms with Crippen molar-refractivity contribution in [1.82, 2.24) is 10.2 Å². The van der Waals surface area contributed by atoms with E-state index < -0.39 is 39.3 Å². The van der Waals surface area contributed by atoms with Crippen molar-refractivity contribution in [1.29, 1.82) is 0 Å². The minimum atomic E-state index is -4.09. The number of nitrogens with zero attached hydrogens (tertiary/aromatic N) is 3. The number of anilines is 1. The normalized spacial score (nSPS) is 11.9. The molecule has 0 aliphatic rings. The van der Waals surface area contributed by atoms with Crippen molar-refractivity contribution < 1.29 is 22.9 Å². The molecule has 0 fully saturated rings. The molecule has 0 heterocycles. The van der Waals surface area contributed by atoms with Crippen LogP contribution in [0.4, 0.5) is 11.4 Å². The van der Waals surface area contributed by atoms with Gasteiger partial charge in [0, 0.05) is 31.6 Å². The smallest absolute Gasteiger partial charge is 0.271 e. The number of rotatable bonds is 14. The van der Waals surface area contributed by atoms with Crippen LogP contribution in [-0.4, -0.2) is 55.4 Å². The van der Waals surface area contributed by atoms with Crippen LogP contribution in [0.25, 0.3) is 0 Å². The quantitative estimate of drug-likeness (QED) is 0.139. The Morgan fingerprint density at radius 1 is 1.00 bits per heavy atom. The van der Waals surface area contributed by atoms with E-state index in [1.54, 1.807) is 25.1 Å². The zero-order valence-electron chi connectivity index (χ0n) is 24.1. The van der Waals surface area contributed by atoms with E-state index in [0.29, 0.717) is 22.7 Å². The van der Waals surface area contributed by atoms with Crippen LogP contribution in [0.1, 0.15) is 36.5 Å². The molecule has 0 saturated carbocycles. The second kappa shape index (κ2) is 15.2. The molecule has 3 rings (SSSR count). The average Bonchev–Trinajstić information content (AvgIpc) is 2.95. The number of carbonyl (C=O) groups is 2. The first-order chi connectivity index (χ1) is 20.3. The number of nitrogens with one attached hydrogen (secondary N) is 1. The number of hydrogen-bond donors (Lipinski definition) is 1. The minimum absolute atomic E-state index is 0.00783. The van der Waals surface area contributed by atoms with Gasteiger partial charge in [0.1, 0.15) is 12.6 Å². The third-order valence-corrected chi connectivity index (χ3v) is 8.65. The van der Waals surface area contributed by atoms with E-state index in [1.165, 1.54) is 17.0 Å². The Labute approximate surface area is 261 Å². The molecule has 0 aliphatic heterocycles. The second-order valence-corrected chi connectivity index (χ2v) is 12.8. The van der Waals surface area contributed by atoms with Gasteiger partial charge in [0.15, 0.2) is 0 Å². The van der Waals surface area contributed by atoms with Gasteiger partial charge in [0.05, 0.1) is 26.9 Å². The molecule has 10 nitrogen and oxygen atoms in total. The van der Waals surface area contributed by atoms with E-state index in [-0.39, 0.29) is 29.4 Å². The lowest BCUT2D eigenvalue weighted by Crippen LogP contribution is -2.53. The highest BCUT2D eigenvalue weighted by atomic mass is 35.5. The van der Waals surface area contributed by atoms with Crippen molar-refractivity contribution in [2.75, 3.05) is 23.7 Å². The molecule has 0 bridgehead atoms. The predicted octanol–water partition coefficient (Wildman–Crippen LogP) is 5.53. The molecule has 2 amide bonds. The van der Waals surface area contributed by atoms with Gasteiger partial charge in [-0.2, -0.15) is 0 Å². The van der Waals surface area contributed by atoms with Crippen molar-refractivity contribution in [3.8, 4) is 0 Å². The number of amides is 2. The molecule has 0 spiro atoms. The predicted molar refractivity (Wildman–Crippen MR) is 169 cm³/mol. The molecule has 3 aromatic rings. The molecule has 230 valence electrons. The number of aryl methyl sites for hydroxylation is 1. The van der Waals surface area contributed by atoms with Gasteiger partial charge in [-0.05, 0) is 42.2 Å². The lowest BCUT2D eigenvalue weighted by Gasteiger charge is -2.33. The molecule has 0 aromatic heterocycles. The van der Waals surface area contributed by atoms with Crippen LogP contribution in [0.2, 0.25) is 10.0 Å². The molecule has 13 heteroatoms. The van der Waals surface area contributed by atoms with E-state index in [9.17, 15) is 28.1 Å². The van der Waals surface area contributed by atoms with E-state index >= 15 is 0 Å². The minimum Gasteiger partial charge on any atom is -0.354 e. The molecular formula is C30H34Cl2N4O6S. The van der Waals surface area contributed by atoms with Gasteiger partial charge >= 0.3 is 0 Å². The maximum Gasteiger partial charge on any atom is 0.271 e. The van der Waals surface area contributed by atoms with Crippen LogP contribution >= 0.6 is 23.2 Å². The summed E-state index contributed by atoms with van der Waals surface area (Å²) in [5, 5.41) is 14.9. The van der Waals surface area contributed by atoms with E-state index in [4.69, 9.17) is 23.2 Å². The Kier molecular flexibility index (Phi) is 11.9. The van der Waals surface area contributed by atoms with Gasteiger partial charge in [-0.3, -0.25) is 24.0 Å². The van der Waals surface area contributed by atoms with Crippen molar-refractivity contribution >= 4 is 56.4 Å². The number of benzene rings is 3. The van der Waals surface area contributed by atoms with Crippen LogP contribution in [0, 0.1) is 17.0 Å². The number of sulfonamides is 1. The van der Waals surface area contributed by atoms with E-state index in [1.807, 2.05) is 37.3 Å². The van der Waals surface area contributed by atoms with Crippen LogP contribution in [0.5, 0.6) is 0 Å². The van der Waals surface area contributed by atoms with Gasteiger partial charge in [0.2, 0.25) is 21.8 Å². The summed E-state index contributed by atoms with van der Waals surface area (Å²) in [4.78, 5) is 40.0. The molecular weight excluding hydrogens is 615 g/mol. The zero-order valence-corrected chi connectivity index (χ0v) is 26.5. The summed E-state index contributed by atoms with van der Waals surface area (Å²) in [7, 11) is -4.09. The molecule has 0 aliphatic carbocycles. The number of nitro benzene ring substituents is 1. The van der Waals surface area contributed by atoms with Crippen LogP contribution in [-0.2, 0) is 32.6 Å². The summed E-state index contributed by atoms with van der Waals surface area (Å²) in [5.41, 5.74) is 1.44. The fraction of sp³-hybridized carbons (Fsp3) is 0.333. The first-order valence-electron chi connectivity index (χ1n) is 13.6. The average molecular weight is 650 g/mol. The fourth-order valence-electron chi connectivity index (χ4n) is 4.47. The fourth-order valence-corrected chi connectivity index (χ4v) is 5.69. The summed E-state index contributed by atoms with van der Waals surface area (Å²) in [6.45, 7) is 3.20. The molecule has 0 radical (unpaired) electrons. The number of non-ortho nitro benzene ring substituents is 1. The Bertz CT molecular complexity index is 1570. The largest absolute Gasteiger partial charge is 0.354 e. The third kappa shape index (κ3) is 9.41. The topological polar surface area (TPSA) is 130 Å². The van der Waals surface area contributed by atoms with Gasteiger partial charge in [-0.15, -0.1) is 0 Å². The highest BCUT2D eigenvalue weighted by molar-refractivity contribution is 7.92. The van der Waals surface area contributed by atoms with Crippen molar-refractivity contribution in [3.63, 3.8) is 0 Å². The summed E-state index contributed by atoms with van der Waals surface area (Å²) in [5.74, 6) is -1.09. The highest BCUT2D eigenvalue weighted by Gasteiger charge is 2.33. The summed E-state index contributed by atoms with van der Waals surface area (Å²) in [6.07, 6.45) is 2.65. The number of hydrogen-bond acceptors (Lipinski definition) is 6. The SMILES string of the molecule is CCCCNC(=O)C(Cc1ccccc1)N(Cc1ccc(Cl)c(Cl)c1)C(=O)CN(c1cc([N+](=O)[O-])ccc1C)S(C)(=O)=O. The van der Waals surface area contributed by atoms with Crippen LogP contribution in [0.3, 0.4) is 0 Å². The molecule has 3 aromatic carbocycles. The van der Waals surface area contributed by atoms with Gasteiger partial charge in [-0.25, -0.2) is 8.42 Å².